The lowest BCUT2D eigenvalue weighted by molar-refractivity contribution is -0.308. The van der Waals surface area contributed by atoms with Crippen LogP contribution in [0.15, 0.2) is 12.3 Å². The van der Waals surface area contributed by atoms with Crippen molar-refractivity contribution in [2.75, 3.05) is 25.0 Å². The molecule has 2 rings (SSSR count). The van der Waals surface area contributed by atoms with Crippen LogP contribution in [-0.2, 0) is 4.74 Å². The van der Waals surface area contributed by atoms with Gasteiger partial charge in [0.25, 0.3) is 12.0 Å². The minimum Gasteiger partial charge on any atom is -0.426 e. The normalized spacial score (nSPS) is 15.9. The van der Waals surface area contributed by atoms with Gasteiger partial charge in [-0.3, -0.25) is 4.79 Å². The number of halogens is 6. The number of alkyl halides is 6. The van der Waals surface area contributed by atoms with Crippen molar-refractivity contribution in [3.63, 3.8) is 0 Å². The number of carbonyl (C=O) groups is 2. The van der Waals surface area contributed by atoms with Crippen LogP contribution in [0.25, 0.3) is 0 Å². The summed E-state index contributed by atoms with van der Waals surface area (Å²) in [4.78, 5) is 31.5. The molecular formula is C16H19F6N5O3. The molecule has 0 aromatic carbocycles. The SMILES string of the molecule is NC(=O)c1ccnc(NCCC2CCN(C(=O)OC(C(F)(F)F)C(F)(F)F)CC2)n1. The van der Waals surface area contributed by atoms with E-state index in [1.807, 2.05) is 0 Å². The molecule has 0 spiro atoms. The number of piperidine rings is 1. The van der Waals surface area contributed by atoms with Gasteiger partial charge in [-0.15, -0.1) is 0 Å². The van der Waals surface area contributed by atoms with Crippen molar-refractivity contribution in [1.82, 2.24) is 14.9 Å². The Morgan fingerprint density at radius 2 is 1.80 bits per heavy atom. The van der Waals surface area contributed by atoms with E-state index in [1.165, 1.54) is 12.3 Å². The second-order valence-corrected chi connectivity index (χ2v) is 6.62. The highest BCUT2D eigenvalue weighted by Gasteiger charge is 2.60. The monoisotopic (exact) mass is 443 g/mol. The molecule has 1 aromatic heterocycles. The quantitative estimate of drug-likeness (QED) is 0.655. The smallest absolute Gasteiger partial charge is 0.426 e. The Bertz CT molecular complexity index is 736. The number of amides is 2. The van der Waals surface area contributed by atoms with Gasteiger partial charge in [-0.25, -0.2) is 14.8 Å². The Balaban J connectivity index is 1.78. The lowest BCUT2D eigenvalue weighted by atomic mass is 9.94. The van der Waals surface area contributed by atoms with E-state index in [9.17, 15) is 35.9 Å². The molecule has 14 heteroatoms. The molecule has 0 unspecified atom stereocenters. The first kappa shape index (κ1) is 23.5. The Kier molecular flexibility index (Phi) is 7.31. The van der Waals surface area contributed by atoms with E-state index >= 15 is 0 Å². The van der Waals surface area contributed by atoms with Crippen LogP contribution in [0.5, 0.6) is 0 Å². The fourth-order valence-electron chi connectivity index (χ4n) is 2.87. The zero-order valence-electron chi connectivity index (χ0n) is 15.5. The Hall–Kier alpha value is -2.80. The highest BCUT2D eigenvalue weighted by molar-refractivity contribution is 5.90. The van der Waals surface area contributed by atoms with Gasteiger partial charge in [0.2, 0.25) is 5.95 Å². The van der Waals surface area contributed by atoms with Crippen LogP contribution in [0.4, 0.5) is 37.1 Å². The molecular weight excluding hydrogens is 424 g/mol. The van der Waals surface area contributed by atoms with Crippen LogP contribution in [0.1, 0.15) is 29.8 Å². The third-order valence-electron chi connectivity index (χ3n) is 4.43. The summed E-state index contributed by atoms with van der Waals surface area (Å²) >= 11 is 0. The van der Waals surface area contributed by atoms with Crippen LogP contribution in [-0.4, -0.2) is 65.0 Å². The van der Waals surface area contributed by atoms with Crippen molar-refractivity contribution >= 4 is 17.9 Å². The molecule has 2 amide bonds. The zero-order valence-corrected chi connectivity index (χ0v) is 15.5. The first-order valence-electron chi connectivity index (χ1n) is 8.83. The van der Waals surface area contributed by atoms with Gasteiger partial charge < -0.3 is 20.7 Å². The molecule has 1 aliphatic rings. The van der Waals surface area contributed by atoms with E-state index in [0.717, 1.165) is 4.90 Å². The third-order valence-corrected chi connectivity index (χ3v) is 4.43. The van der Waals surface area contributed by atoms with Gasteiger partial charge in [0.1, 0.15) is 5.69 Å². The second-order valence-electron chi connectivity index (χ2n) is 6.62. The van der Waals surface area contributed by atoms with Crippen molar-refractivity contribution in [2.24, 2.45) is 11.7 Å². The van der Waals surface area contributed by atoms with Crippen LogP contribution >= 0.6 is 0 Å². The number of primary amides is 1. The standard InChI is InChI=1S/C16H19F6N5O3/c17-15(18,19)12(16(20,21)22)30-14(29)27-7-3-9(4-8-27)1-5-24-13-25-6-2-10(26-13)11(23)28/h2,6,9,12H,1,3-5,7-8H2,(H2,23,28)(H,24,25,26). The first-order chi connectivity index (χ1) is 13.9. The van der Waals surface area contributed by atoms with Gasteiger partial charge in [-0.05, 0) is 31.2 Å². The number of ether oxygens (including phenoxy) is 1. The summed E-state index contributed by atoms with van der Waals surface area (Å²) in [7, 11) is 0. The second kappa shape index (κ2) is 9.34. The average Bonchev–Trinajstić information content (AvgIpc) is 2.65. The third kappa shape index (κ3) is 6.62. The summed E-state index contributed by atoms with van der Waals surface area (Å²) in [6.45, 7) is 0.348. The summed E-state index contributed by atoms with van der Waals surface area (Å²) in [6, 6.07) is 1.35. The maximum absolute atomic E-state index is 12.5. The molecule has 0 aliphatic carbocycles. The fourth-order valence-corrected chi connectivity index (χ4v) is 2.87. The van der Waals surface area contributed by atoms with E-state index in [2.05, 4.69) is 20.0 Å². The highest BCUT2D eigenvalue weighted by atomic mass is 19.4. The molecule has 0 radical (unpaired) electrons. The maximum Gasteiger partial charge on any atom is 0.434 e. The summed E-state index contributed by atoms with van der Waals surface area (Å²) < 4.78 is 78.7. The Morgan fingerprint density at radius 3 is 2.33 bits per heavy atom. The van der Waals surface area contributed by atoms with Crippen LogP contribution in [0, 0.1) is 5.92 Å². The van der Waals surface area contributed by atoms with Gasteiger partial charge >= 0.3 is 18.4 Å². The predicted molar refractivity (Wildman–Crippen MR) is 90.3 cm³/mol. The van der Waals surface area contributed by atoms with E-state index in [4.69, 9.17) is 5.73 Å². The largest absolute Gasteiger partial charge is 0.434 e. The molecule has 8 nitrogen and oxygen atoms in total. The lowest BCUT2D eigenvalue weighted by Crippen LogP contribution is -2.49. The highest BCUT2D eigenvalue weighted by Crippen LogP contribution is 2.36. The molecule has 0 saturated carbocycles. The van der Waals surface area contributed by atoms with E-state index in [-0.39, 0.29) is 30.6 Å². The maximum atomic E-state index is 12.5. The number of nitrogens with zero attached hydrogens (tertiary/aromatic N) is 3. The minimum atomic E-state index is -5.74. The summed E-state index contributed by atoms with van der Waals surface area (Å²) in [5.74, 6) is -0.447. The number of rotatable bonds is 6. The molecule has 1 aliphatic heterocycles. The molecule has 168 valence electrons. The van der Waals surface area contributed by atoms with Crippen LogP contribution < -0.4 is 11.1 Å². The Labute approximate surface area is 166 Å². The van der Waals surface area contributed by atoms with Crippen molar-refractivity contribution in [3.8, 4) is 0 Å². The van der Waals surface area contributed by atoms with Gasteiger partial charge in [0.05, 0.1) is 0 Å². The molecule has 1 aromatic rings. The van der Waals surface area contributed by atoms with Gasteiger partial charge in [-0.1, -0.05) is 0 Å². The van der Waals surface area contributed by atoms with E-state index in [0.29, 0.717) is 25.8 Å². The lowest BCUT2D eigenvalue weighted by Gasteiger charge is -2.33. The summed E-state index contributed by atoms with van der Waals surface area (Å²) in [5.41, 5.74) is 5.16. The van der Waals surface area contributed by atoms with Crippen molar-refractivity contribution < 1.29 is 40.7 Å². The molecule has 30 heavy (non-hydrogen) atoms. The molecule has 3 N–H and O–H groups in total. The molecule has 1 saturated heterocycles. The number of likely N-dealkylation sites (tertiary alicyclic amines) is 1. The van der Waals surface area contributed by atoms with Crippen molar-refractivity contribution in [1.29, 1.82) is 0 Å². The molecule has 1 fully saturated rings. The number of hydrogen-bond acceptors (Lipinski definition) is 6. The van der Waals surface area contributed by atoms with Gasteiger partial charge in [-0.2, -0.15) is 26.3 Å². The van der Waals surface area contributed by atoms with E-state index < -0.39 is 30.5 Å². The molecule has 0 bridgehead atoms. The molecule has 2 heterocycles. The minimum absolute atomic E-state index is 0.0282. The predicted octanol–water partition coefficient (Wildman–Crippen LogP) is 2.72. The van der Waals surface area contributed by atoms with E-state index in [1.54, 1.807) is 0 Å². The van der Waals surface area contributed by atoms with Crippen molar-refractivity contribution in [2.45, 2.75) is 37.7 Å². The fraction of sp³-hybridized carbons (Fsp3) is 0.625. The average molecular weight is 443 g/mol. The number of hydrogen-bond donors (Lipinski definition) is 2. The van der Waals surface area contributed by atoms with Gasteiger partial charge in [0, 0.05) is 25.8 Å². The topological polar surface area (TPSA) is 110 Å². The van der Waals surface area contributed by atoms with Gasteiger partial charge in [0.15, 0.2) is 0 Å². The zero-order chi connectivity index (χ0) is 22.5. The summed E-state index contributed by atoms with van der Waals surface area (Å²) in [6.07, 6.45) is -14.6. The first-order valence-corrected chi connectivity index (χ1v) is 8.83. The van der Waals surface area contributed by atoms with Crippen molar-refractivity contribution in [3.05, 3.63) is 18.0 Å². The number of nitrogens with two attached hydrogens (primary N) is 1. The van der Waals surface area contributed by atoms with Crippen LogP contribution in [0.3, 0.4) is 0 Å². The molecule has 0 atom stereocenters. The van der Waals surface area contributed by atoms with Crippen LogP contribution in [0.2, 0.25) is 0 Å². The Morgan fingerprint density at radius 1 is 1.20 bits per heavy atom. The summed E-state index contributed by atoms with van der Waals surface area (Å²) in [5, 5.41) is 2.90. The number of aromatic nitrogens is 2. The number of nitrogens with one attached hydrogen (secondary N) is 1. The number of anilines is 1. The number of carbonyl (C=O) groups excluding carboxylic acids is 2.